The van der Waals surface area contributed by atoms with E-state index in [1.807, 2.05) is 13.8 Å². The van der Waals surface area contributed by atoms with Crippen LogP contribution in [-0.4, -0.2) is 46.3 Å². The first kappa shape index (κ1) is 22.3. The molecule has 1 unspecified atom stereocenters. The molecule has 0 aromatic rings. The van der Waals surface area contributed by atoms with Gasteiger partial charge in [0.1, 0.15) is 0 Å². The van der Waals surface area contributed by atoms with Gasteiger partial charge in [0.15, 0.2) is 0 Å². The summed E-state index contributed by atoms with van der Waals surface area (Å²) in [5.74, 6) is 0.994. The lowest BCUT2D eigenvalue weighted by Gasteiger charge is -2.56. The molecule has 8 atom stereocenters. The van der Waals surface area contributed by atoms with Gasteiger partial charge in [-0.1, -0.05) is 57.1 Å². The van der Waals surface area contributed by atoms with E-state index < -0.39 is 18.3 Å². The fourth-order valence-electron chi connectivity index (χ4n) is 6.82. The van der Waals surface area contributed by atoms with Gasteiger partial charge in [-0.2, -0.15) is 0 Å². The quantitative estimate of drug-likeness (QED) is 0.589. The van der Waals surface area contributed by atoms with Gasteiger partial charge in [0.05, 0.1) is 31.0 Å². The molecular weight excluding hydrogens is 376 g/mol. The fraction of sp³-hybridized carbons (Fsp3) is 0.769. The highest BCUT2D eigenvalue weighted by molar-refractivity contribution is 5.43. The van der Waals surface area contributed by atoms with Crippen LogP contribution in [0.25, 0.3) is 0 Å². The number of allylic oxidation sites excluding steroid dienone is 4. The van der Waals surface area contributed by atoms with Crippen LogP contribution in [0.1, 0.15) is 66.7 Å². The molecule has 4 rings (SSSR count). The molecule has 0 aromatic carbocycles. The van der Waals surface area contributed by atoms with Crippen LogP contribution in [0.2, 0.25) is 0 Å². The lowest BCUT2D eigenvalue weighted by Crippen LogP contribution is -2.52. The largest absolute Gasteiger partial charge is 0.393 e. The standard InChI is InChI=1S/C26H40O4/c1-15(2)23(28)14-30-16(3)20-8-9-21-19-7-6-17-12-18(27)13-24(29)26(17,5)22(19)10-11-25(20,21)4/h6-8,15-16,18,21-24,27-29H,9-14H2,1-5H3/t16?,18-,21+,22+,23+,24+,25-,26+/m1/s1. The highest BCUT2D eigenvalue weighted by atomic mass is 16.5. The zero-order chi connectivity index (χ0) is 21.8. The van der Waals surface area contributed by atoms with Gasteiger partial charge in [-0.05, 0) is 61.3 Å². The highest BCUT2D eigenvalue weighted by Crippen LogP contribution is 2.64. The summed E-state index contributed by atoms with van der Waals surface area (Å²) in [5.41, 5.74) is 3.90. The summed E-state index contributed by atoms with van der Waals surface area (Å²) in [7, 11) is 0. The van der Waals surface area contributed by atoms with Crippen molar-refractivity contribution in [2.24, 2.45) is 28.6 Å². The van der Waals surface area contributed by atoms with Gasteiger partial charge < -0.3 is 20.1 Å². The Bertz CT molecular complexity index is 765. The molecule has 4 aliphatic rings. The molecule has 0 bridgehead atoms. The predicted octanol–water partition coefficient (Wildman–Crippen LogP) is 4.16. The van der Waals surface area contributed by atoms with Crippen LogP contribution >= 0.6 is 0 Å². The number of hydrogen-bond acceptors (Lipinski definition) is 4. The van der Waals surface area contributed by atoms with Crippen molar-refractivity contribution in [1.82, 2.24) is 0 Å². The fourth-order valence-corrected chi connectivity index (χ4v) is 6.82. The van der Waals surface area contributed by atoms with E-state index in [-0.39, 0.29) is 22.9 Å². The van der Waals surface area contributed by atoms with Crippen LogP contribution in [0.5, 0.6) is 0 Å². The number of aliphatic hydroxyl groups is 3. The molecular formula is C26H40O4. The molecule has 0 amide bonds. The Kier molecular flexibility index (Phi) is 5.85. The van der Waals surface area contributed by atoms with Crippen molar-refractivity contribution in [2.75, 3.05) is 6.61 Å². The molecule has 4 nitrogen and oxygen atoms in total. The zero-order valence-electron chi connectivity index (χ0n) is 19.3. The van der Waals surface area contributed by atoms with E-state index >= 15 is 0 Å². The maximum Gasteiger partial charge on any atom is 0.0796 e. The Balaban J connectivity index is 1.56. The van der Waals surface area contributed by atoms with Crippen molar-refractivity contribution in [2.45, 2.75) is 91.1 Å². The van der Waals surface area contributed by atoms with E-state index in [0.717, 1.165) is 19.3 Å². The van der Waals surface area contributed by atoms with Crippen molar-refractivity contribution in [3.8, 4) is 0 Å². The van der Waals surface area contributed by atoms with Crippen molar-refractivity contribution in [3.05, 3.63) is 34.9 Å². The Morgan fingerprint density at radius 3 is 2.57 bits per heavy atom. The van der Waals surface area contributed by atoms with Gasteiger partial charge in [-0.15, -0.1) is 0 Å². The van der Waals surface area contributed by atoms with Gasteiger partial charge >= 0.3 is 0 Å². The van der Waals surface area contributed by atoms with E-state index in [4.69, 9.17) is 4.74 Å². The van der Waals surface area contributed by atoms with Gasteiger partial charge in [0.25, 0.3) is 0 Å². The molecule has 168 valence electrons. The van der Waals surface area contributed by atoms with Crippen LogP contribution in [0, 0.1) is 28.6 Å². The summed E-state index contributed by atoms with van der Waals surface area (Å²) in [5, 5.41) is 31.3. The minimum absolute atomic E-state index is 0.00579. The molecule has 0 heterocycles. The summed E-state index contributed by atoms with van der Waals surface area (Å²) in [6, 6.07) is 0. The van der Waals surface area contributed by atoms with E-state index in [1.54, 1.807) is 0 Å². The summed E-state index contributed by atoms with van der Waals surface area (Å²) in [6.45, 7) is 11.1. The summed E-state index contributed by atoms with van der Waals surface area (Å²) < 4.78 is 6.12. The maximum absolute atomic E-state index is 11.0. The average molecular weight is 417 g/mol. The molecule has 0 radical (unpaired) electrons. The molecule has 4 heteroatoms. The summed E-state index contributed by atoms with van der Waals surface area (Å²) >= 11 is 0. The average Bonchev–Trinajstić information content (AvgIpc) is 3.04. The first-order valence-electron chi connectivity index (χ1n) is 11.9. The van der Waals surface area contributed by atoms with Crippen LogP contribution < -0.4 is 0 Å². The number of rotatable bonds is 5. The van der Waals surface area contributed by atoms with Crippen molar-refractivity contribution in [3.63, 3.8) is 0 Å². The van der Waals surface area contributed by atoms with E-state index in [0.29, 0.717) is 31.3 Å². The lowest BCUT2D eigenvalue weighted by atomic mass is 9.49. The normalized spacial score (nSPS) is 42.5. The second kappa shape index (κ2) is 7.88. The SMILES string of the molecule is CC(OC[C@H](O)C(C)C)C1=CC[C@H]2C3=CC=C4C[C@@H](O)C[C@H](O)[C@]4(C)[C@H]3CC[C@]12C. The van der Waals surface area contributed by atoms with Crippen LogP contribution in [0.15, 0.2) is 34.9 Å². The first-order valence-corrected chi connectivity index (χ1v) is 11.9. The molecule has 2 fully saturated rings. The zero-order valence-corrected chi connectivity index (χ0v) is 19.3. The van der Waals surface area contributed by atoms with Crippen molar-refractivity contribution in [1.29, 1.82) is 0 Å². The topological polar surface area (TPSA) is 69.9 Å². The predicted molar refractivity (Wildman–Crippen MR) is 119 cm³/mol. The van der Waals surface area contributed by atoms with Crippen LogP contribution in [-0.2, 0) is 4.74 Å². The van der Waals surface area contributed by atoms with Gasteiger partial charge in [-0.3, -0.25) is 0 Å². The Morgan fingerprint density at radius 2 is 1.87 bits per heavy atom. The molecule has 2 saturated carbocycles. The van der Waals surface area contributed by atoms with Gasteiger partial charge in [0, 0.05) is 11.8 Å². The number of hydrogen-bond donors (Lipinski definition) is 3. The number of aliphatic hydroxyl groups excluding tert-OH is 3. The molecule has 3 N–H and O–H groups in total. The second-order valence-electron chi connectivity index (χ2n) is 11.0. The molecule has 0 aromatic heterocycles. The summed E-state index contributed by atoms with van der Waals surface area (Å²) in [4.78, 5) is 0. The van der Waals surface area contributed by atoms with Crippen molar-refractivity contribution < 1.29 is 20.1 Å². The number of fused-ring (bicyclic) bond motifs is 5. The highest BCUT2D eigenvalue weighted by Gasteiger charge is 2.57. The minimum Gasteiger partial charge on any atom is -0.393 e. The van der Waals surface area contributed by atoms with E-state index in [1.165, 1.54) is 16.7 Å². The minimum atomic E-state index is -0.487. The van der Waals surface area contributed by atoms with Crippen LogP contribution in [0.4, 0.5) is 0 Å². The van der Waals surface area contributed by atoms with Gasteiger partial charge in [-0.25, -0.2) is 0 Å². The molecule has 0 saturated heterocycles. The van der Waals surface area contributed by atoms with Crippen LogP contribution in [0.3, 0.4) is 0 Å². The monoisotopic (exact) mass is 416 g/mol. The lowest BCUT2D eigenvalue weighted by molar-refractivity contribution is -0.0514. The molecule has 0 spiro atoms. The molecule has 30 heavy (non-hydrogen) atoms. The first-order chi connectivity index (χ1) is 14.1. The molecule has 0 aliphatic heterocycles. The number of ether oxygens (including phenoxy) is 1. The van der Waals surface area contributed by atoms with Gasteiger partial charge in [0.2, 0.25) is 0 Å². The second-order valence-corrected chi connectivity index (χ2v) is 11.0. The third-order valence-corrected chi connectivity index (χ3v) is 9.02. The van der Waals surface area contributed by atoms with Crippen molar-refractivity contribution >= 4 is 0 Å². The third-order valence-electron chi connectivity index (χ3n) is 9.02. The Labute approximate surface area is 181 Å². The molecule has 4 aliphatic carbocycles. The van der Waals surface area contributed by atoms with E-state index in [2.05, 4.69) is 39.0 Å². The smallest absolute Gasteiger partial charge is 0.0796 e. The van der Waals surface area contributed by atoms with E-state index in [9.17, 15) is 15.3 Å². The maximum atomic E-state index is 11.0. The Morgan fingerprint density at radius 1 is 1.13 bits per heavy atom. The Hall–Kier alpha value is -0.940. The third kappa shape index (κ3) is 3.35. The summed E-state index contributed by atoms with van der Waals surface area (Å²) in [6.07, 6.45) is 9.86.